The van der Waals surface area contributed by atoms with Gasteiger partial charge in [-0.2, -0.15) is 0 Å². The molecule has 0 amide bonds. The van der Waals surface area contributed by atoms with E-state index in [1.54, 1.807) is 0 Å². The maximum Gasteiger partial charge on any atom is 0.142 e. The average molecular weight is 247 g/mol. The molecule has 2 aromatic rings. The maximum absolute atomic E-state index is 12.8. The van der Waals surface area contributed by atoms with Crippen molar-refractivity contribution in [3.63, 3.8) is 0 Å². The molecule has 0 aliphatic heterocycles. The monoisotopic (exact) mass is 247 g/mol. The first-order valence-corrected chi connectivity index (χ1v) is 5.61. The van der Waals surface area contributed by atoms with Crippen LogP contribution in [0.2, 0.25) is 0 Å². The molecule has 0 unspecified atom stereocenters. The van der Waals surface area contributed by atoms with Crippen LogP contribution in [0.3, 0.4) is 0 Å². The molecule has 2 rings (SSSR count). The van der Waals surface area contributed by atoms with Gasteiger partial charge in [0.2, 0.25) is 0 Å². The van der Waals surface area contributed by atoms with Gasteiger partial charge in [-0.25, -0.2) is 4.39 Å². The Kier molecular flexibility index (Phi) is 4.02. The summed E-state index contributed by atoms with van der Waals surface area (Å²) in [6.45, 7) is 0.756. The van der Waals surface area contributed by atoms with E-state index in [-0.39, 0.29) is 11.5 Å². The van der Waals surface area contributed by atoms with E-state index in [1.165, 1.54) is 18.2 Å². The summed E-state index contributed by atoms with van der Waals surface area (Å²) in [5.74, 6) is 0.877. The van der Waals surface area contributed by atoms with Crippen molar-refractivity contribution in [3.8, 4) is 11.5 Å². The normalized spacial score (nSPS) is 10.1. The molecule has 3 nitrogen and oxygen atoms in total. The topological polar surface area (TPSA) is 44.5 Å². The summed E-state index contributed by atoms with van der Waals surface area (Å²) in [5.41, 5.74) is 5.90. The van der Waals surface area contributed by atoms with Crippen LogP contribution in [0.4, 0.5) is 10.1 Å². The molecular weight excluding hydrogens is 233 g/mol. The Morgan fingerprint density at radius 1 is 0.944 bits per heavy atom. The molecular formula is C14H14FNO2. The molecule has 0 aliphatic rings. The van der Waals surface area contributed by atoms with Crippen LogP contribution in [0.5, 0.6) is 11.5 Å². The molecule has 94 valence electrons. The highest BCUT2D eigenvalue weighted by atomic mass is 19.1. The van der Waals surface area contributed by atoms with Gasteiger partial charge in [-0.05, 0) is 24.3 Å². The first-order chi connectivity index (χ1) is 8.75. The largest absolute Gasteiger partial charge is 0.490 e. The van der Waals surface area contributed by atoms with Gasteiger partial charge in [-0.15, -0.1) is 0 Å². The number of anilines is 1. The van der Waals surface area contributed by atoms with Gasteiger partial charge >= 0.3 is 0 Å². The van der Waals surface area contributed by atoms with Crippen LogP contribution in [-0.2, 0) is 0 Å². The molecule has 0 radical (unpaired) electrons. The highest BCUT2D eigenvalue weighted by Crippen LogP contribution is 2.21. The zero-order chi connectivity index (χ0) is 12.8. The summed E-state index contributed by atoms with van der Waals surface area (Å²) >= 11 is 0. The van der Waals surface area contributed by atoms with Gasteiger partial charge in [-0.3, -0.25) is 0 Å². The van der Waals surface area contributed by atoms with Gasteiger partial charge in [-0.1, -0.05) is 18.2 Å². The molecule has 0 saturated heterocycles. The van der Waals surface area contributed by atoms with Crippen LogP contribution in [-0.4, -0.2) is 13.2 Å². The molecule has 0 aromatic heterocycles. The van der Waals surface area contributed by atoms with Crippen LogP contribution >= 0.6 is 0 Å². The molecule has 0 spiro atoms. The number of hydrogen-bond donors (Lipinski definition) is 1. The van der Waals surface area contributed by atoms with E-state index >= 15 is 0 Å². The number of benzene rings is 2. The average Bonchev–Trinajstić information content (AvgIpc) is 2.38. The van der Waals surface area contributed by atoms with Crippen LogP contribution in [0.15, 0.2) is 48.5 Å². The van der Waals surface area contributed by atoms with Gasteiger partial charge in [0.1, 0.15) is 30.5 Å². The van der Waals surface area contributed by atoms with Gasteiger partial charge in [0, 0.05) is 6.07 Å². The van der Waals surface area contributed by atoms with Crippen molar-refractivity contribution in [1.82, 2.24) is 0 Å². The standard InChI is InChI=1S/C14H14FNO2/c15-11-6-7-14(13(16)10-11)18-9-8-17-12-4-2-1-3-5-12/h1-7,10H,8-9,16H2. The number of rotatable bonds is 5. The van der Waals surface area contributed by atoms with Crippen LogP contribution in [0.1, 0.15) is 0 Å². The van der Waals surface area contributed by atoms with Crippen molar-refractivity contribution in [1.29, 1.82) is 0 Å². The molecule has 0 aliphatic carbocycles. The summed E-state index contributed by atoms with van der Waals surface area (Å²) < 4.78 is 23.6. The smallest absolute Gasteiger partial charge is 0.142 e. The van der Waals surface area contributed by atoms with E-state index in [0.29, 0.717) is 19.0 Å². The molecule has 4 heteroatoms. The SMILES string of the molecule is Nc1cc(F)ccc1OCCOc1ccccc1. The highest BCUT2D eigenvalue weighted by Gasteiger charge is 2.01. The van der Waals surface area contributed by atoms with E-state index in [2.05, 4.69) is 0 Å². The Labute approximate surface area is 105 Å². The van der Waals surface area contributed by atoms with E-state index < -0.39 is 0 Å². The Balaban J connectivity index is 1.79. The molecule has 2 aromatic carbocycles. The predicted octanol–water partition coefficient (Wildman–Crippen LogP) is 2.87. The molecule has 0 bridgehead atoms. The third kappa shape index (κ3) is 3.38. The predicted molar refractivity (Wildman–Crippen MR) is 68.2 cm³/mol. The van der Waals surface area contributed by atoms with E-state index in [4.69, 9.17) is 15.2 Å². The lowest BCUT2D eigenvalue weighted by Crippen LogP contribution is -2.09. The highest BCUT2D eigenvalue weighted by molar-refractivity contribution is 5.52. The Morgan fingerprint density at radius 3 is 2.39 bits per heavy atom. The fraction of sp³-hybridized carbons (Fsp3) is 0.143. The molecule has 0 heterocycles. The van der Waals surface area contributed by atoms with Crippen LogP contribution in [0.25, 0.3) is 0 Å². The molecule has 0 atom stereocenters. The van der Waals surface area contributed by atoms with Gasteiger partial charge < -0.3 is 15.2 Å². The fourth-order valence-electron chi connectivity index (χ4n) is 1.48. The summed E-state index contributed by atoms with van der Waals surface area (Å²) in [6, 6.07) is 13.5. The first kappa shape index (κ1) is 12.2. The zero-order valence-corrected chi connectivity index (χ0v) is 9.80. The number of para-hydroxylation sites is 1. The lowest BCUT2D eigenvalue weighted by molar-refractivity contribution is 0.218. The van der Waals surface area contributed by atoms with Gasteiger partial charge in [0.15, 0.2) is 0 Å². The van der Waals surface area contributed by atoms with E-state index in [0.717, 1.165) is 5.75 Å². The van der Waals surface area contributed by atoms with Crippen molar-refractivity contribution >= 4 is 5.69 Å². The molecule has 2 N–H and O–H groups in total. The Bertz CT molecular complexity index is 502. The third-order valence-corrected chi connectivity index (χ3v) is 2.32. The van der Waals surface area contributed by atoms with E-state index in [9.17, 15) is 4.39 Å². The minimum absolute atomic E-state index is 0.287. The lowest BCUT2D eigenvalue weighted by Gasteiger charge is -2.09. The Hall–Kier alpha value is -2.23. The summed E-state index contributed by atoms with van der Waals surface area (Å²) in [5, 5.41) is 0. The second kappa shape index (κ2) is 5.91. The Morgan fingerprint density at radius 2 is 1.67 bits per heavy atom. The second-order valence-electron chi connectivity index (χ2n) is 3.69. The summed E-state index contributed by atoms with van der Waals surface area (Å²) in [6.07, 6.45) is 0. The number of hydrogen-bond acceptors (Lipinski definition) is 3. The van der Waals surface area contributed by atoms with Crippen molar-refractivity contribution in [2.75, 3.05) is 18.9 Å². The van der Waals surface area contributed by atoms with Gasteiger partial charge in [0.25, 0.3) is 0 Å². The van der Waals surface area contributed by atoms with Crippen molar-refractivity contribution in [2.45, 2.75) is 0 Å². The summed E-state index contributed by atoms with van der Waals surface area (Å²) in [7, 11) is 0. The second-order valence-corrected chi connectivity index (χ2v) is 3.69. The number of nitrogen functional groups attached to an aromatic ring is 1. The number of ether oxygens (including phenoxy) is 2. The zero-order valence-electron chi connectivity index (χ0n) is 9.80. The van der Waals surface area contributed by atoms with Crippen molar-refractivity contribution < 1.29 is 13.9 Å². The molecule has 18 heavy (non-hydrogen) atoms. The fourth-order valence-corrected chi connectivity index (χ4v) is 1.48. The lowest BCUT2D eigenvalue weighted by atomic mass is 10.3. The minimum Gasteiger partial charge on any atom is -0.490 e. The third-order valence-electron chi connectivity index (χ3n) is 2.32. The van der Waals surface area contributed by atoms with E-state index in [1.807, 2.05) is 30.3 Å². The molecule has 0 saturated carbocycles. The summed E-state index contributed by atoms with van der Waals surface area (Å²) in [4.78, 5) is 0. The van der Waals surface area contributed by atoms with Crippen LogP contribution < -0.4 is 15.2 Å². The quantitative estimate of drug-likeness (QED) is 0.652. The first-order valence-electron chi connectivity index (χ1n) is 5.61. The maximum atomic E-state index is 12.8. The molecule has 0 fully saturated rings. The van der Waals surface area contributed by atoms with Gasteiger partial charge in [0.05, 0.1) is 5.69 Å². The minimum atomic E-state index is -0.375. The number of halogens is 1. The van der Waals surface area contributed by atoms with Crippen LogP contribution in [0, 0.1) is 5.82 Å². The van der Waals surface area contributed by atoms with Crippen molar-refractivity contribution in [3.05, 3.63) is 54.3 Å². The number of nitrogens with two attached hydrogens (primary N) is 1. The van der Waals surface area contributed by atoms with Crippen molar-refractivity contribution in [2.24, 2.45) is 0 Å².